The van der Waals surface area contributed by atoms with Crippen LogP contribution in [0, 0.1) is 0 Å². The second-order valence-electron chi connectivity index (χ2n) is 12.6. The lowest BCUT2D eigenvalue weighted by molar-refractivity contribution is -0.307. The topological polar surface area (TPSA) is 83.5 Å². The molecular formula is C38H44O7Si. The van der Waals surface area contributed by atoms with Gasteiger partial charge in [-0.1, -0.05) is 142 Å². The molecule has 0 bridgehead atoms. The number of aliphatic hydroxyl groups excluding tert-OH is 1. The van der Waals surface area contributed by atoms with Crippen molar-refractivity contribution in [3.05, 3.63) is 132 Å². The zero-order valence-electron chi connectivity index (χ0n) is 27.0. The average Bonchev–Trinajstić information content (AvgIpc) is 3.06. The summed E-state index contributed by atoms with van der Waals surface area (Å²) in [4.78, 5) is 12.2. The smallest absolute Gasteiger partial charge is 0.303 e. The second-order valence-corrected chi connectivity index (χ2v) is 16.9. The summed E-state index contributed by atoms with van der Waals surface area (Å²) in [7, 11) is -2.95. The first kappa shape index (κ1) is 33.7. The van der Waals surface area contributed by atoms with E-state index in [0.717, 1.165) is 21.5 Å². The standard InChI is InChI=1S/C38H44O7Si/c1-28(39)44-36-35(42-26-30-19-11-6-12-20-30)34(41-25-29-17-9-5-10-18-29)33(45-37(36)40)27-43-46(38(2,3)4,31-21-13-7-14-22-31)32-23-15-8-16-24-32/h5-24,33-37,40H,25-27H2,1-4H3/t33-,34-,35+,36+,37+/m1/s1. The molecule has 46 heavy (non-hydrogen) atoms. The second kappa shape index (κ2) is 15.3. The molecule has 242 valence electrons. The van der Waals surface area contributed by atoms with Crippen LogP contribution in [-0.2, 0) is 41.4 Å². The van der Waals surface area contributed by atoms with Crippen LogP contribution < -0.4 is 10.4 Å². The van der Waals surface area contributed by atoms with Gasteiger partial charge in [0.05, 0.1) is 19.8 Å². The van der Waals surface area contributed by atoms with Crippen LogP contribution in [0.15, 0.2) is 121 Å². The highest BCUT2D eigenvalue weighted by Gasteiger charge is 2.53. The summed E-state index contributed by atoms with van der Waals surface area (Å²) >= 11 is 0. The molecule has 1 aliphatic rings. The van der Waals surface area contributed by atoms with Crippen molar-refractivity contribution in [1.82, 2.24) is 0 Å². The molecule has 0 unspecified atom stereocenters. The summed E-state index contributed by atoms with van der Waals surface area (Å²) < 4.78 is 32.1. The summed E-state index contributed by atoms with van der Waals surface area (Å²) in [6.45, 7) is 8.54. The quantitative estimate of drug-likeness (QED) is 0.164. The van der Waals surface area contributed by atoms with Crippen molar-refractivity contribution in [3.8, 4) is 0 Å². The molecule has 1 fully saturated rings. The van der Waals surface area contributed by atoms with Gasteiger partial charge in [0, 0.05) is 6.92 Å². The average molecular weight is 641 g/mol. The van der Waals surface area contributed by atoms with Crippen LogP contribution in [0.5, 0.6) is 0 Å². The molecule has 1 saturated heterocycles. The number of benzene rings is 4. The molecule has 1 N–H and O–H groups in total. The molecule has 5 atom stereocenters. The summed E-state index contributed by atoms with van der Waals surface area (Å²) in [5, 5.41) is 13.3. The van der Waals surface area contributed by atoms with Gasteiger partial charge >= 0.3 is 5.97 Å². The first-order valence-electron chi connectivity index (χ1n) is 15.8. The van der Waals surface area contributed by atoms with Crippen LogP contribution in [0.1, 0.15) is 38.8 Å². The Morgan fingerprint density at radius 1 is 0.696 bits per heavy atom. The maximum atomic E-state index is 12.2. The summed E-state index contributed by atoms with van der Waals surface area (Å²) in [5.74, 6) is -0.551. The fraction of sp³-hybridized carbons (Fsp3) is 0.342. The largest absolute Gasteiger partial charge is 0.454 e. The Labute approximate surface area is 273 Å². The summed E-state index contributed by atoms with van der Waals surface area (Å²) in [6.07, 6.45) is -4.88. The van der Waals surface area contributed by atoms with Crippen LogP contribution in [-0.4, -0.2) is 56.7 Å². The third-order valence-electron chi connectivity index (χ3n) is 8.36. The fourth-order valence-electron chi connectivity index (χ4n) is 6.24. The fourth-order valence-corrected chi connectivity index (χ4v) is 10.8. The minimum Gasteiger partial charge on any atom is -0.454 e. The van der Waals surface area contributed by atoms with Crippen LogP contribution in [0.3, 0.4) is 0 Å². The maximum absolute atomic E-state index is 12.2. The van der Waals surface area contributed by atoms with Gasteiger partial charge in [-0.25, -0.2) is 0 Å². The number of hydrogen-bond donors (Lipinski definition) is 1. The third-order valence-corrected chi connectivity index (χ3v) is 13.4. The monoisotopic (exact) mass is 640 g/mol. The van der Waals surface area contributed by atoms with E-state index < -0.39 is 45.0 Å². The highest BCUT2D eigenvalue weighted by atomic mass is 28.4. The SMILES string of the molecule is CC(=O)O[C@H]1[C@@H](OCc2ccccc2)[C@H](OCc2ccccc2)[C@@H](CO[Si](c2ccccc2)(c2ccccc2)C(C)(C)C)O[C@@H]1O. The number of hydrogen-bond acceptors (Lipinski definition) is 7. The van der Waals surface area contributed by atoms with Gasteiger partial charge in [0.25, 0.3) is 8.32 Å². The number of aliphatic hydroxyl groups is 1. The lowest BCUT2D eigenvalue weighted by Gasteiger charge is -2.47. The Kier molecular flexibility index (Phi) is 11.2. The van der Waals surface area contributed by atoms with E-state index in [9.17, 15) is 9.90 Å². The molecule has 4 aromatic rings. The Bertz CT molecular complexity index is 1460. The normalized spacial score (nSPS) is 21.9. The van der Waals surface area contributed by atoms with Crippen molar-refractivity contribution in [1.29, 1.82) is 0 Å². The molecular weight excluding hydrogens is 596 g/mol. The number of ether oxygens (including phenoxy) is 4. The first-order valence-corrected chi connectivity index (χ1v) is 17.7. The highest BCUT2D eigenvalue weighted by molar-refractivity contribution is 6.99. The zero-order chi connectivity index (χ0) is 32.6. The van der Waals surface area contributed by atoms with Gasteiger partial charge < -0.3 is 28.5 Å². The highest BCUT2D eigenvalue weighted by Crippen LogP contribution is 2.38. The van der Waals surface area contributed by atoms with Crippen LogP contribution in [0.4, 0.5) is 0 Å². The van der Waals surface area contributed by atoms with Crippen molar-refractivity contribution in [2.45, 2.75) is 76.7 Å². The van der Waals surface area contributed by atoms with Gasteiger partial charge in [0.15, 0.2) is 12.4 Å². The van der Waals surface area contributed by atoms with Crippen molar-refractivity contribution < 1.29 is 33.3 Å². The minimum absolute atomic E-state index is 0.113. The molecule has 4 aromatic carbocycles. The Morgan fingerprint density at radius 3 is 1.57 bits per heavy atom. The first-order chi connectivity index (χ1) is 22.2. The number of carbonyl (C=O) groups is 1. The molecule has 0 radical (unpaired) electrons. The molecule has 5 rings (SSSR count). The summed E-state index contributed by atoms with van der Waals surface area (Å²) in [5.41, 5.74) is 1.90. The number of esters is 1. The molecule has 7 nitrogen and oxygen atoms in total. The van der Waals surface area contributed by atoms with Crippen molar-refractivity contribution in [3.63, 3.8) is 0 Å². The van der Waals surface area contributed by atoms with Crippen LogP contribution in [0.25, 0.3) is 0 Å². The van der Waals surface area contributed by atoms with Gasteiger partial charge in [0.2, 0.25) is 0 Å². The number of rotatable bonds is 12. The van der Waals surface area contributed by atoms with E-state index in [4.69, 9.17) is 23.4 Å². The molecule has 8 heteroatoms. The van der Waals surface area contributed by atoms with Crippen molar-refractivity contribution in [2.24, 2.45) is 0 Å². The van der Waals surface area contributed by atoms with Gasteiger partial charge in [-0.2, -0.15) is 0 Å². The van der Waals surface area contributed by atoms with Crippen molar-refractivity contribution >= 4 is 24.7 Å². The molecule has 0 aromatic heterocycles. The van der Waals surface area contributed by atoms with Gasteiger partial charge in [-0.05, 0) is 26.5 Å². The van der Waals surface area contributed by atoms with Crippen molar-refractivity contribution in [2.75, 3.05) is 6.61 Å². The maximum Gasteiger partial charge on any atom is 0.303 e. The molecule has 0 aliphatic carbocycles. The molecule has 0 saturated carbocycles. The molecule has 0 amide bonds. The molecule has 0 spiro atoms. The van der Waals surface area contributed by atoms with E-state index in [1.165, 1.54) is 6.92 Å². The lowest BCUT2D eigenvalue weighted by atomic mass is 9.98. The van der Waals surface area contributed by atoms with E-state index in [1.807, 2.05) is 97.1 Å². The van der Waals surface area contributed by atoms with Crippen LogP contribution >= 0.6 is 0 Å². The van der Waals surface area contributed by atoms with E-state index in [2.05, 4.69) is 45.0 Å². The summed E-state index contributed by atoms with van der Waals surface area (Å²) in [6, 6.07) is 40.3. The zero-order valence-corrected chi connectivity index (χ0v) is 28.0. The Morgan fingerprint density at radius 2 is 1.13 bits per heavy atom. The van der Waals surface area contributed by atoms with E-state index in [-0.39, 0.29) is 24.9 Å². The van der Waals surface area contributed by atoms with Gasteiger partial charge in [0.1, 0.15) is 18.3 Å². The predicted molar refractivity (Wildman–Crippen MR) is 180 cm³/mol. The van der Waals surface area contributed by atoms with E-state index >= 15 is 0 Å². The number of carbonyl (C=O) groups excluding carboxylic acids is 1. The van der Waals surface area contributed by atoms with Gasteiger partial charge in [-0.3, -0.25) is 4.79 Å². The Hall–Kier alpha value is -3.63. The van der Waals surface area contributed by atoms with E-state index in [1.54, 1.807) is 0 Å². The third kappa shape index (κ3) is 7.83. The predicted octanol–water partition coefficient (Wildman–Crippen LogP) is 5.38. The van der Waals surface area contributed by atoms with Crippen LogP contribution in [0.2, 0.25) is 5.04 Å². The van der Waals surface area contributed by atoms with E-state index in [0.29, 0.717) is 0 Å². The Balaban J connectivity index is 1.52. The molecule has 1 heterocycles. The minimum atomic E-state index is -2.95. The molecule has 1 aliphatic heterocycles. The lowest BCUT2D eigenvalue weighted by Crippen LogP contribution is -2.68. The van der Waals surface area contributed by atoms with Gasteiger partial charge in [-0.15, -0.1) is 0 Å².